The highest BCUT2D eigenvalue weighted by Gasteiger charge is 2.15. The van der Waals surface area contributed by atoms with E-state index >= 15 is 0 Å². The van der Waals surface area contributed by atoms with E-state index in [1.54, 1.807) is 18.2 Å². The van der Waals surface area contributed by atoms with Gasteiger partial charge >= 0.3 is 0 Å². The molecule has 2 amide bonds. The SMILES string of the molecule is C=CCn1c(CNC(=O)c2ccc(C)cc2)nnc1SCC(=O)Nc1ccc(C)cc1. The molecular formula is C23H25N5O2S. The zero-order valence-electron chi connectivity index (χ0n) is 17.6. The number of amides is 2. The molecule has 0 aliphatic carbocycles. The van der Waals surface area contributed by atoms with Gasteiger partial charge in [0.25, 0.3) is 5.91 Å². The van der Waals surface area contributed by atoms with Crippen LogP contribution >= 0.6 is 11.8 Å². The van der Waals surface area contributed by atoms with Crippen molar-refractivity contribution in [3.05, 3.63) is 83.7 Å². The molecule has 0 unspecified atom stereocenters. The molecule has 0 saturated heterocycles. The number of thioether (sulfide) groups is 1. The molecule has 0 spiro atoms. The van der Waals surface area contributed by atoms with Crippen LogP contribution in [-0.2, 0) is 17.9 Å². The first-order valence-corrected chi connectivity index (χ1v) is 10.8. The number of anilines is 1. The van der Waals surface area contributed by atoms with Crippen LogP contribution in [0.4, 0.5) is 5.69 Å². The number of aromatic nitrogens is 3. The van der Waals surface area contributed by atoms with Gasteiger partial charge in [0.1, 0.15) is 0 Å². The van der Waals surface area contributed by atoms with E-state index in [1.807, 2.05) is 54.8 Å². The number of allylic oxidation sites excluding steroid dienone is 1. The van der Waals surface area contributed by atoms with E-state index in [0.29, 0.717) is 23.1 Å². The maximum atomic E-state index is 12.4. The van der Waals surface area contributed by atoms with Gasteiger partial charge in [-0.1, -0.05) is 53.2 Å². The molecule has 3 aromatic rings. The van der Waals surface area contributed by atoms with Crippen molar-refractivity contribution < 1.29 is 9.59 Å². The minimum absolute atomic E-state index is 0.128. The summed E-state index contributed by atoms with van der Waals surface area (Å²) in [5.74, 6) is 0.483. The van der Waals surface area contributed by atoms with Crippen molar-refractivity contribution in [2.75, 3.05) is 11.1 Å². The molecule has 31 heavy (non-hydrogen) atoms. The molecule has 1 heterocycles. The van der Waals surface area contributed by atoms with Crippen LogP contribution in [0.15, 0.2) is 66.3 Å². The van der Waals surface area contributed by atoms with Crippen molar-refractivity contribution >= 4 is 29.3 Å². The van der Waals surface area contributed by atoms with Crippen molar-refractivity contribution in [2.24, 2.45) is 0 Å². The van der Waals surface area contributed by atoms with Crippen LogP contribution < -0.4 is 10.6 Å². The molecule has 0 fully saturated rings. The molecule has 0 aliphatic rings. The molecule has 1 aromatic heterocycles. The number of carbonyl (C=O) groups is 2. The second kappa shape index (κ2) is 10.6. The number of aryl methyl sites for hydroxylation is 2. The smallest absolute Gasteiger partial charge is 0.251 e. The van der Waals surface area contributed by atoms with Crippen LogP contribution in [0.2, 0.25) is 0 Å². The maximum absolute atomic E-state index is 12.4. The predicted molar refractivity (Wildman–Crippen MR) is 123 cm³/mol. The summed E-state index contributed by atoms with van der Waals surface area (Å²) in [7, 11) is 0. The van der Waals surface area contributed by atoms with Crippen LogP contribution in [0.3, 0.4) is 0 Å². The van der Waals surface area contributed by atoms with Gasteiger partial charge in [-0.2, -0.15) is 0 Å². The number of benzene rings is 2. The quantitative estimate of drug-likeness (QED) is 0.395. The van der Waals surface area contributed by atoms with Crippen molar-refractivity contribution in [3.8, 4) is 0 Å². The van der Waals surface area contributed by atoms with Gasteiger partial charge in [0.05, 0.1) is 12.3 Å². The normalized spacial score (nSPS) is 10.5. The number of hydrogen-bond acceptors (Lipinski definition) is 5. The van der Waals surface area contributed by atoms with Gasteiger partial charge in [-0.3, -0.25) is 9.59 Å². The average molecular weight is 436 g/mol. The highest BCUT2D eigenvalue weighted by molar-refractivity contribution is 7.99. The van der Waals surface area contributed by atoms with E-state index in [1.165, 1.54) is 11.8 Å². The summed E-state index contributed by atoms with van der Waals surface area (Å²) in [6, 6.07) is 15.0. The fourth-order valence-electron chi connectivity index (χ4n) is 2.80. The first-order valence-electron chi connectivity index (χ1n) is 9.83. The Kier molecular flexibility index (Phi) is 7.61. The van der Waals surface area contributed by atoms with Crippen LogP contribution in [0, 0.1) is 13.8 Å². The van der Waals surface area contributed by atoms with Gasteiger partial charge in [-0.25, -0.2) is 0 Å². The Morgan fingerprint density at radius 3 is 2.32 bits per heavy atom. The molecule has 2 N–H and O–H groups in total. The molecule has 0 aliphatic heterocycles. The molecule has 3 rings (SSSR count). The summed E-state index contributed by atoms with van der Waals surface area (Å²) in [5.41, 5.74) is 3.56. The average Bonchev–Trinajstić information content (AvgIpc) is 3.14. The fraction of sp³-hybridized carbons (Fsp3) is 0.217. The Morgan fingerprint density at radius 2 is 1.68 bits per heavy atom. The number of nitrogens with zero attached hydrogens (tertiary/aromatic N) is 3. The fourth-order valence-corrected chi connectivity index (χ4v) is 3.57. The van der Waals surface area contributed by atoms with Gasteiger partial charge in [0.15, 0.2) is 11.0 Å². The second-order valence-electron chi connectivity index (χ2n) is 7.05. The summed E-state index contributed by atoms with van der Waals surface area (Å²) in [6.45, 7) is 8.44. The summed E-state index contributed by atoms with van der Waals surface area (Å²) in [6.07, 6.45) is 1.73. The van der Waals surface area contributed by atoms with E-state index in [-0.39, 0.29) is 24.1 Å². The lowest BCUT2D eigenvalue weighted by molar-refractivity contribution is -0.113. The minimum atomic E-state index is -0.181. The van der Waals surface area contributed by atoms with Gasteiger partial charge in [-0.05, 0) is 38.1 Å². The Bertz CT molecular complexity index is 1060. The highest BCUT2D eigenvalue weighted by atomic mass is 32.2. The van der Waals surface area contributed by atoms with Gasteiger partial charge < -0.3 is 15.2 Å². The maximum Gasteiger partial charge on any atom is 0.251 e. The molecule has 0 bridgehead atoms. The molecule has 0 radical (unpaired) electrons. The summed E-state index contributed by atoms with van der Waals surface area (Å²) >= 11 is 1.29. The summed E-state index contributed by atoms with van der Waals surface area (Å²) in [4.78, 5) is 24.6. The van der Waals surface area contributed by atoms with Crippen LogP contribution in [0.25, 0.3) is 0 Å². The predicted octanol–water partition coefficient (Wildman–Crippen LogP) is 3.74. The number of hydrogen-bond donors (Lipinski definition) is 2. The van der Waals surface area contributed by atoms with Gasteiger partial charge in [-0.15, -0.1) is 16.8 Å². The molecular weight excluding hydrogens is 410 g/mol. The Hall–Kier alpha value is -3.39. The van der Waals surface area contributed by atoms with E-state index in [4.69, 9.17) is 0 Å². The zero-order valence-corrected chi connectivity index (χ0v) is 18.4. The summed E-state index contributed by atoms with van der Waals surface area (Å²) < 4.78 is 1.84. The number of carbonyl (C=O) groups excluding carboxylic acids is 2. The lowest BCUT2D eigenvalue weighted by Gasteiger charge is -2.09. The number of nitrogens with one attached hydrogen (secondary N) is 2. The van der Waals surface area contributed by atoms with Crippen molar-refractivity contribution in [2.45, 2.75) is 32.1 Å². The van der Waals surface area contributed by atoms with E-state index in [0.717, 1.165) is 16.8 Å². The molecule has 2 aromatic carbocycles. The van der Waals surface area contributed by atoms with E-state index in [9.17, 15) is 9.59 Å². The van der Waals surface area contributed by atoms with Crippen LogP contribution in [-0.4, -0.2) is 32.3 Å². The van der Waals surface area contributed by atoms with Crippen LogP contribution in [0.1, 0.15) is 27.3 Å². The van der Waals surface area contributed by atoms with Gasteiger partial charge in [0, 0.05) is 17.8 Å². The van der Waals surface area contributed by atoms with Gasteiger partial charge in [0.2, 0.25) is 5.91 Å². The first kappa shape index (κ1) is 22.3. The third-order valence-electron chi connectivity index (χ3n) is 4.49. The molecule has 8 heteroatoms. The lowest BCUT2D eigenvalue weighted by atomic mass is 10.1. The third kappa shape index (κ3) is 6.29. The monoisotopic (exact) mass is 435 g/mol. The minimum Gasteiger partial charge on any atom is -0.345 e. The Labute approximate surface area is 186 Å². The molecule has 0 atom stereocenters. The summed E-state index contributed by atoms with van der Waals surface area (Å²) in [5, 5.41) is 14.7. The van der Waals surface area contributed by atoms with Crippen molar-refractivity contribution in [1.29, 1.82) is 0 Å². The second-order valence-corrected chi connectivity index (χ2v) is 7.99. The molecule has 7 nitrogen and oxygen atoms in total. The first-order chi connectivity index (χ1) is 15.0. The highest BCUT2D eigenvalue weighted by Crippen LogP contribution is 2.18. The Balaban J connectivity index is 1.59. The standard InChI is InChI=1S/C23H25N5O2S/c1-4-13-28-20(14-24-22(30)18-9-5-16(2)6-10-18)26-27-23(28)31-15-21(29)25-19-11-7-17(3)8-12-19/h4-12H,1,13-15H2,2-3H3,(H,24,30)(H,25,29). The number of rotatable bonds is 9. The lowest BCUT2D eigenvalue weighted by Crippen LogP contribution is -2.24. The van der Waals surface area contributed by atoms with E-state index < -0.39 is 0 Å². The zero-order chi connectivity index (χ0) is 22.2. The molecule has 160 valence electrons. The van der Waals surface area contributed by atoms with Crippen molar-refractivity contribution in [1.82, 2.24) is 20.1 Å². The molecule has 0 saturated carbocycles. The largest absolute Gasteiger partial charge is 0.345 e. The van der Waals surface area contributed by atoms with Crippen LogP contribution in [0.5, 0.6) is 0 Å². The Morgan fingerprint density at radius 1 is 1.03 bits per heavy atom. The topological polar surface area (TPSA) is 88.9 Å². The third-order valence-corrected chi connectivity index (χ3v) is 5.46. The van der Waals surface area contributed by atoms with Crippen molar-refractivity contribution in [3.63, 3.8) is 0 Å². The van der Waals surface area contributed by atoms with E-state index in [2.05, 4.69) is 27.4 Å².